The summed E-state index contributed by atoms with van der Waals surface area (Å²) in [7, 11) is 0. The van der Waals surface area contributed by atoms with Crippen LogP contribution in [0.3, 0.4) is 0 Å². The van der Waals surface area contributed by atoms with Crippen molar-refractivity contribution in [3.05, 3.63) is 0 Å². The summed E-state index contributed by atoms with van der Waals surface area (Å²) >= 11 is 0. The molecule has 0 spiro atoms. The van der Waals surface area contributed by atoms with Crippen molar-refractivity contribution in [2.24, 2.45) is 0 Å². The molecule has 1 saturated carbocycles. The van der Waals surface area contributed by atoms with E-state index in [1.54, 1.807) is 0 Å². The Labute approximate surface area is 109 Å². The van der Waals surface area contributed by atoms with E-state index in [0.717, 1.165) is 25.7 Å². The topological polar surface area (TPSA) is 56.0 Å². The van der Waals surface area contributed by atoms with Gasteiger partial charge in [-0.3, -0.25) is 0 Å². The molecule has 0 amide bonds. The molecule has 0 bridgehead atoms. The Kier molecular flexibility index (Phi) is 7.09. The summed E-state index contributed by atoms with van der Waals surface area (Å²) in [6.45, 7) is 0. The SMILES string of the molecule is N=[N+](O[O])C1CCCCC1.[K+]. The van der Waals surface area contributed by atoms with Crippen molar-refractivity contribution in [2.75, 3.05) is 0 Å². The van der Waals surface area contributed by atoms with E-state index < -0.39 is 0 Å². The summed E-state index contributed by atoms with van der Waals surface area (Å²) in [5.41, 5.74) is 7.01. The molecule has 0 aliphatic heterocycles. The van der Waals surface area contributed by atoms with Crippen LogP contribution < -0.4 is 51.4 Å². The summed E-state index contributed by atoms with van der Waals surface area (Å²) in [5.74, 6) is 0. The molecule has 1 rings (SSSR count). The minimum absolute atomic E-state index is 0. The van der Waals surface area contributed by atoms with Crippen LogP contribution in [-0.4, -0.2) is 10.9 Å². The molecule has 1 aliphatic rings. The molecule has 0 heterocycles. The van der Waals surface area contributed by atoms with E-state index in [1.165, 1.54) is 6.42 Å². The average Bonchev–Trinajstić information content (AvgIpc) is 2.05. The molecule has 0 aromatic rings. The van der Waals surface area contributed by atoms with Gasteiger partial charge in [0.2, 0.25) is 6.04 Å². The molecular formula is C6H12KN2O2+2. The molecule has 0 aromatic carbocycles. The van der Waals surface area contributed by atoms with Crippen molar-refractivity contribution < 1.29 is 66.5 Å². The fraction of sp³-hybridized carbons (Fsp3) is 1.00. The van der Waals surface area contributed by atoms with Gasteiger partial charge in [0.05, 0.1) is 5.26 Å². The van der Waals surface area contributed by atoms with Gasteiger partial charge in [0.25, 0.3) is 0 Å². The van der Waals surface area contributed by atoms with Crippen LogP contribution in [0.2, 0.25) is 0 Å². The van der Waals surface area contributed by atoms with Gasteiger partial charge >= 0.3 is 51.4 Å². The second-order valence-electron chi connectivity index (χ2n) is 2.69. The standard InChI is InChI=1S/C6H12N2O2.K/c7-8(10-9)6-4-2-1-3-5-6;/h6-7H,1-5H2;/q2*+1. The smallest absolute Gasteiger partial charge is 0.0528 e. The summed E-state index contributed by atoms with van der Waals surface area (Å²) < 4.78 is 0. The molecule has 1 fully saturated rings. The normalized spacial score (nSPS) is 18.6. The monoisotopic (exact) mass is 183 g/mol. The van der Waals surface area contributed by atoms with E-state index in [2.05, 4.69) is 4.99 Å². The Morgan fingerprint density at radius 1 is 1.27 bits per heavy atom. The number of hydroxylamine groups is 1. The van der Waals surface area contributed by atoms with Gasteiger partial charge in [-0.1, -0.05) is 6.42 Å². The fourth-order valence-electron chi connectivity index (χ4n) is 1.38. The van der Waals surface area contributed by atoms with Crippen molar-refractivity contribution in [3.63, 3.8) is 0 Å². The van der Waals surface area contributed by atoms with Crippen LogP contribution in [0.15, 0.2) is 0 Å². The van der Waals surface area contributed by atoms with Crippen LogP contribution in [0.4, 0.5) is 0 Å². The second kappa shape index (κ2) is 6.51. The summed E-state index contributed by atoms with van der Waals surface area (Å²) in [6, 6.07) is 0.0336. The van der Waals surface area contributed by atoms with Gasteiger partial charge in [-0.05, 0) is 23.4 Å². The molecule has 5 heteroatoms. The molecular weight excluding hydrogens is 171 g/mol. The predicted octanol–water partition coefficient (Wildman–Crippen LogP) is -1.36. The van der Waals surface area contributed by atoms with E-state index >= 15 is 0 Å². The Balaban J connectivity index is 0.000001000. The Morgan fingerprint density at radius 2 is 1.82 bits per heavy atom. The van der Waals surface area contributed by atoms with Gasteiger partial charge in [-0.2, -0.15) is 0 Å². The van der Waals surface area contributed by atoms with E-state index in [1.807, 2.05) is 0 Å². The van der Waals surface area contributed by atoms with E-state index in [-0.39, 0.29) is 57.4 Å². The van der Waals surface area contributed by atoms with Crippen LogP contribution in [0.5, 0.6) is 0 Å². The van der Waals surface area contributed by atoms with Gasteiger partial charge < -0.3 is 0 Å². The minimum atomic E-state index is 0. The van der Waals surface area contributed by atoms with Gasteiger partial charge in [-0.15, -0.1) is 0 Å². The largest absolute Gasteiger partial charge is 1.00 e. The third kappa shape index (κ3) is 3.96. The molecule has 11 heavy (non-hydrogen) atoms. The molecule has 57 valence electrons. The molecule has 0 saturated heterocycles. The van der Waals surface area contributed by atoms with E-state index in [0.29, 0.717) is 4.86 Å². The number of nitrogens with one attached hydrogen (secondary N) is 1. The number of nitrogens with zero attached hydrogens (tertiary/aromatic N) is 1. The predicted molar refractivity (Wildman–Crippen MR) is 31.6 cm³/mol. The van der Waals surface area contributed by atoms with Crippen molar-refractivity contribution in [1.29, 1.82) is 5.53 Å². The van der Waals surface area contributed by atoms with E-state index in [9.17, 15) is 5.26 Å². The minimum Gasteiger partial charge on any atom is -0.0528 e. The maximum atomic E-state index is 9.77. The van der Waals surface area contributed by atoms with Crippen LogP contribution >= 0.6 is 0 Å². The zero-order chi connectivity index (χ0) is 7.40. The van der Waals surface area contributed by atoms with Crippen molar-refractivity contribution in [3.8, 4) is 0 Å². The molecule has 4 nitrogen and oxygen atoms in total. The average molecular weight is 183 g/mol. The Hall–Kier alpha value is 0.996. The van der Waals surface area contributed by atoms with Crippen LogP contribution in [0.25, 0.3) is 0 Å². The zero-order valence-corrected chi connectivity index (χ0v) is 10.00. The second-order valence-corrected chi connectivity index (χ2v) is 2.69. The van der Waals surface area contributed by atoms with Gasteiger partial charge in [0.1, 0.15) is 4.86 Å². The molecule has 0 aromatic heterocycles. The van der Waals surface area contributed by atoms with Crippen LogP contribution in [0, 0.1) is 5.53 Å². The molecule has 1 aliphatic carbocycles. The number of hydrogen-bond acceptors (Lipinski definition) is 2. The third-order valence-electron chi connectivity index (χ3n) is 1.99. The maximum Gasteiger partial charge on any atom is 1.00 e. The van der Waals surface area contributed by atoms with Crippen molar-refractivity contribution >= 4 is 0 Å². The van der Waals surface area contributed by atoms with E-state index in [4.69, 9.17) is 5.53 Å². The summed E-state index contributed by atoms with van der Waals surface area (Å²) in [4.78, 5) is 4.22. The Bertz CT molecular complexity index is 126. The summed E-state index contributed by atoms with van der Waals surface area (Å²) in [6.07, 6.45) is 5.30. The van der Waals surface area contributed by atoms with Crippen molar-refractivity contribution in [2.45, 2.75) is 38.1 Å². The fourth-order valence-corrected chi connectivity index (χ4v) is 1.38. The molecule has 1 radical (unpaired) electrons. The molecule has 1 N–H and O–H groups in total. The molecule has 0 atom stereocenters. The molecule has 0 unspecified atom stereocenters. The van der Waals surface area contributed by atoms with Crippen molar-refractivity contribution in [1.82, 2.24) is 0 Å². The number of rotatable bonds is 2. The van der Waals surface area contributed by atoms with Crippen LogP contribution in [0.1, 0.15) is 32.1 Å². The zero-order valence-electron chi connectivity index (χ0n) is 6.88. The maximum absolute atomic E-state index is 9.77. The first-order valence-electron chi connectivity index (χ1n) is 3.65. The quantitative estimate of drug-likeness (QED) is 0.186. The third-order valence-corrected chi connectivity index (χ3v) is 1.99. The van der Waals surface area contributed by atoms with Gasteiger partial charge in [0.15, 0.2) is 0 Å². The Morgan fingerprint density at radius 3 is 2.27 bits per heavy atom. The number of hydrogen-bond donors (Lipinski definition) is 1. The van der Waals surface area contributed by atoms with Gasteiger partial charge in [0, 0.05) is 12.8 Å². The van der Waals surface area contributed by atoms with Crippen LogP contribution in [-0.2, 0) is 10.2 Å². The van der Waals surface area contributed by atoms with Gasteiger partial charge in [-0.25, -0.2) is 0 Å². The first-order valence-corrected chi connectivity index (χ1v) is 3.65. The summed E-state index contributed by atoms with van der Waals surface area (Å²) in [5, 5.41) is 9.77. The first-order chi connectivity index (χ1) is 4.84. The first kappa shape index (κ1) is 12.0.